The van der Waals surface area contributed by atoms with E-state index in [0.717, 1.165) is 51.5 Å². The molecule has 4 aliphatic heterocycles. The summed E-state index contributed by atoms with van der Waals surface area (Å²) < 4.78 is 31.6. The molecule has 1 aliphatic carbocycles. The van der Waals surface area contributed by atoms with Crippen molar-refractivity contribution >= 4 is 92.6 Å². The van der Waals surface area contributed by atoms with Crippen molar-refractivity contribution < 1.29 is 62.0 Å². The Morgan fingerprint density at radius 1 is 0.640 bits per heavy atom. The van der Waals surface area contributed by atoms with E-state index in [1.807, 2.05) is 67.6 Å². The summed E-state index contributed by atoms with van der Waals surface area (Å²) in [5.74, 6) is -3.14. The van der Waals surface area contributed by atoms with Crippen LogP contribution in [0.3, 0.4) is 0 Å². The van der Waals surface area contributed by atoms with Gasteiger partial charge in [0, 0.05) is 69.7 Å². The number of carbonyl (C=O) groups is 8. The van der Waals surface area contributed by atoms with Gasteiger partial charge in [0.1, 0.15) is 37.9 Å². The van der Waals surface area contributed by atoms with E-state index in [-0.39, 0.29) is 123 Å². The summed E-state index contributed by atoms with van der Waals surface area (Å²) in [6.07, 6.45) is 2.40. The zero-order valence-electron chi connectivity index (χ0n) is 50.1. The molecule has 0 spiro atoms. The molecule has 5 aliphatic rings. The summed E-state index contributed by atoms with van der Waals surface area (Å²) in [6, 6.07) is 22.6. The summed E-state index contributed by atoms with van der Waals surface area (Å²) in [7, 11) is 0. The third kappa shape index (κ3) is 12.5. The monoisotopic (exact) mass is 1250 g/mol. The van der Waals surface area contributed by atoms with Gasteiger partial charge in [-0.15, -0.1) is 0 Å². The van der Waals surface area contributed by atoms with E-state index in [1.165, 1.54) is 18.7 Å². The fraction of sp³-hybridized carbons (Fsp3) is 0.455. The summed E-state index contributed by atoms with van der Waals surface area (Å²) in [6.45, 7) is 5.69. The Hall–Kier alpha value is -8.02. The minimum Gasteiger partial charge on any atom is -0.457 e. The fourth-order valence-corrected chi connectivity index (χ4v) is 15.5. The van der Waals surface area contributed by atoms with Gasteiger partial charge in [-0.1, -0.05) is 57.2 Å². The van der Waals surface area contributed by atoms with Crippen LogP contribution in [-0.4, -0.2) is 116 Å². The van der Waals surface area contributed by atoms with Gasteiger partial charge < -0.3 is 43.5 Å². The SMILES string of the molecule is CCC(CSCC1CCC1CSCC(CC(=O)CCOCCC(C)=O)C(=O)NCC(=O)O[C@]1(CC)C(=O)OCc2c1cc1n(c2=O)Cc2cc3ccccc3nc2-1)C(=O)NCC(=O)O[C@]1(CC)C(=O)OCc2c1cc1n(c2=O)Cc2cc3ccccc3nc2-1. The van der Waals surface area contributed by atoms with E-state index in [9.17, 15) is 47.9 Å². The number of nitrogens with one attached hydrogen (secondary N) is 2. The number of hydrogen-bond acceptors (Lipinski definition) is 19. The van der Waals surface area contributed by atoms with Crippen LogP contribution in [0, 0.1) is 23.7 Å². The number of benzene rings is 2. The van der Waals surface area contributed by atoms with Gasteiger partial charge in [0.15, 0.2) is 0 Å². The predicted octanol–water partition coefficient (Wildman–Crippen LogP) is 6.99. The number of thioether (sulfide) groups is 2. The van der Waals surface area contributed by atoms with Crippen LogP contribution < -0.4 is 21.8 Å². The van der Waals surface area contributed by atoms with Gasteiger partial charge in [-0.25, -0.2) is 19.6 Å². The molecule has 21 nitrogen and oxygen atoms in total. The largest absolute Gasteiger partial charge is 0.457 e. The number of rotatable bonds is 27. The molecule has 4 aromatic heterocycles. The molecule has 89 heavy (non-hydrogen) atoms. The highest BCUT2D eigenvalue weighted by Gasteiger charge is 2.52. The first-order chi connectivity index (χ1) is 42.9. The van der Waals surface area contributed by atoms with Crippen LogP contribution in [0.2, 0.25) is 0 Å². The molecular weight excluding hydrogens is 1180 g/mol. The normalized spacial score (nSPS) is 19.9. The first-order valence-corrected chi connectivity index (χ1v) is 32.7. The standard InChI is InChI=1S/C66H70N6O15S2/c1-5-38(59(77)67-27-55(75)86-65(6-2)49-25-53-57-43(22-39-12-8-10-14-51(39)69-57)29-71(53)61(79)47(49)31-84-63(65)81)33-88-34-41-16-17-42(41)35-89-36-45(24-46(74)19-21-83-20-18-37(4)73)60(78)68-28-56(76)87-66(7-3)50-26-54-58-44(23-40-13-9-11-15-52(40)70-58)30-72(54)62(80)48(50)32-85-64(66)82/h8-15,22-23,25-26,38,41-42,45H,5-7,16-21,24,27-36H2,1-4H3,(H,67,77)(H,68,78)/t38?,41?,42?,45?,65-,66-/m0/s1. The summed E-state index contributed by atoms with van der Waals surface area (Å²) in [5.41, 5.74) is 1.48. The van der Waals surface area contributed by atoms with Crippen molar-refractivity contribution in [1.82, 2.24) is 29.7 Å². The highest BCUT2D eigenvalue weighted by atomic mass is 32.2. The molecule has 0 saturated heterocycles. The van der Waals surface area contributed by atoms with Crippen molar-refractivity contribution in [2.24, 2.45) is 23.7 Å². The van der Waals surface area contributed by atoms with E-state index in [1.54, 1.807) is 46.9 Å². The molecule has 2 N–H and O–H groups in total. The number of hydrogen-bond donors (Lipinski definition) is 2. The van der Waals surface area contributed by atoms with E-state index in [2.05, 4.69) is 10.6 Å². The molecule has 0 radical (unpaired) electrons. The Bertz CT molecular complexity index is 4000. The quantitative estimate of drug-likeness (QED) is 0.0298. The van der Waals surface area contributed by atoms with Gasteiger partial charge in [-0.3, -0.25) is 38.4 Å². The van der Waals surface area contributed by atoms with E-state index in [4.69, 9.17) is 33.7 Å². The molecule has 466 valence electrons. The van der Waals surface area contributed by atoms with Crippen molar-refractivity contribution in [3.63, 3.8) is 0 Å². The zero-order chi connectivity index (χ0) is 62.7. The van der Waals surface area contributed by atoms with Gasteiger partial charge in [-0.2, -0.15) is 23.5 Å². The lowest BCUT2D eigenvalue weighted by Crippen LogP contribution is -2.49. The van der Waals surface area contributed by atoms with Crippen LogP contribution in [0.1, 0.15) is 112 Å². The summed E-state index contributed by atoms with van der Waals surface area (Å²) in [4.78, 5) is 145. The Morgan fingerprint density at radius 2 is 1.10 bits per heavy atom. The number of pyridine rings is 4. The number of esters is 4. The van der Waals surface area contributed by atoms with Gasteiger partial charge in [0.05, 0.1) is 77.2 Å². The lowest BCUT2D eigenvalue weighted by Gasteiger charge is -2.37. The Morgan fingerprint density at radius 3 is 1.56 bits per heavy atom. The molecule has 2 amide bonds. The third-order valence-corrected chi connectivity index (χ3v) is 20.5. The number of carbonyl (C=O) groups excluding carboxylic acids is 8. The second-order valence-electron chi connectivity index (χ2n) is 23.4. The first kappa shape index (κ1) is 62.6. The molecular formula is C66H70N6O15S2. The van der Waals surface area contributed by atoms with Crippen LogP contribution in [0.5, 0.6) is 0 Å². The van der Waals surface area contributed by atoms with Crippen LogP contribution in [0.15, 0.2) is 82.4 Å². The molecule has 0 bridgehead atoms. The number of Topliss-reactive ketones (excluding diaryl/α,β-unsaturated/α-hetero) is 2. The predicted molar refractivity (Wildman–Crippen MR) is 331 cm³/mol. The van der Waals surface area contributed by atoms with E-state index < -0.39 is 71.5 Å². The average Bonchev–Trinajstić information content (AvgIpc) is 1.71. The first-order valence-electron chi connectivity index (χ1n) is 30.4. The number of ether oxygens (including phenoxy) is 5. The van der Waals surface area contributed by atoms with Crippen LogP contribution in [-0.2, 0) is 99.5 Å². The lowest BCUT2D eigenvalue weighted by molar-refractivity contribution is -0.189. The maximum absolute atomic E-state index is 14.1. The number of aromatic nitrogens is 4. The average molecular weight is 1250 g/mol. The van der Waals surface area contributed by atoms with Gasteiger partial charge in [-0.05, 0) is 98.8 Å². The molecule has 11 rings (SSSR count). The Labute approximate surface area is 521 Å². The number of para-hydroxylation sites is 2. The third-order valence-electron chi connectivity index (χ3n) is 17.9. The van der Waals surface area contributed by atoms with E-state index >= 15 is 0 Å². The smallest absolute Gasteiger partial charge is 0.355 e. The van der Waals surface area contributed by atoms with Gasteiger partial charge >= 0.3 is 23.9 Å². The minimum atomic E-state index is -1.99. The number of nitrogens with zero attached hydrogens (tertiary/aromatic N) is 4. The summed E-state index contributed by atoms with van der Waals surface area (Å²) in [5, 5.41) is 7.20. The molecule has 2 aromatic carbocycles. The van der Waals surface area contributed by atoms with Gasteiger partial charge in [0.2, 0.25) is 23.0 Å². The van der Waals surface area contributed by atoms with Crippen molar-refractivity contribution in [2.75, 3.05) is 49.3 Å². The van der Waals surface area contributed by atoms with Crippen molar-refractivity contribution in [2.45, 2.75) is 117 Å². The molecule has 6 atom stereocenters. The maximum atomic E-state index is 14.1. The molecule has 8 heterocycles. The zero-order valence-corrected chi connectivity index (χ0v) is 51.7. The Balaban J connectivity index is 0.675. The molecule has 6 aromatic rings. The van der Waals surface area contributed by atoms with Crippen molar-refractivity contribution in [1.29, 1.82) is 0 Å². The highest BCUT2D eigenvalue weighted by molar-refractivity contribution is 7.99. The fourth-order valence-electron chi connectivity index (χ4n) is 12.5. The van der Waals surface area contributed by atoms with Crippen LogP contribution >= 0.6 is 23.5 Å². The topological polar surface area (TPSA) is 277 Å². The van der Waals surface area contributed by atoms with Crippen molar-refractivity contribution in [3.8, 4) is 22.8 Å². The molecule has 4 unspecified atom stereocenters. The van der Waals surface area contributed by atoms with E-state index in [0.29, 0.717) is 52.5 Å². The molecule has 1 saturated carbocycles. The highest BCUT2D eigenvalue weighted by Crippen LogP contribution is 2.44. The maximum Gasteiger partial charge on any atom is 0.355 e. The number of ketones is 2. The van der Waals surface area contributed by atoms with Gasteiger partial charge in [0.25, 0.3) is 11.1 Å². The number of fused-ring (bicyclic) bond motifs is 10. The van der Waals surface area contributed by atoms with Crippen LogP contribution in [0.4, 0.5) is 0 Å². The summed E-state index contributed by atoms with van der Waals surface area (Å²) >= 11 is 3.17. The molecule has 23 heteroatoms. The number of cyclic esters (lactones) is 2. The molecule has 1 fully saturated rings. The second-order valence-corrected chi connectivity index (χ2v) is 25.6. The Kier molecular flexibility index (Phi) is 18.7. The minimum absolute atomic E-state index is 0.0141. The van der Waals surface area contributed by atoms with Crippen LogP contribution in [0.25, 0.3) is 44.6 Å². The number of amides is 2. The van der Waals surface area contributed by atoms with Crippen molar-refractivity contribution in [3.05, 3.63) is 127 Å². The lowest BCUT2D eigenvalue weighted by atomic mass is 9.76. The second kappa shape index (κ2) is 26.6.